The van der Waals surface area contributed by atoms with Gasteiger partial charge in [-0.2, -0.15) is 0 Å². The minimum absolute atomic E-state index is 0.775. The third kappa shape index (κ3) is 1.18. The zero-order chi connectivity index (χ0) is 8.67. The van der Waals surface area contributed by atoms with Crippen LogP contribution in [-0.2, 0) is 0 Å². The van der Waals surface area contributed by atoms with Gasteiger partial charge in [-0.15, -0.1) is 11.3 Å². The van der Waals surface area contributed by atoms with Gasteiger partial charge in [0.15, 0.2) is 0 Å². The Kier molecular flexibility index (Phi) is 1.64. The lowest BCUT2D eigenvalue weighted by Crippen LogP contribution is -2.39. The molecule has 3 rings (SSSR count). The maximum absolute atomic E-state index is 3.31. The first-order valence-electron chi connectivity index (χ1n) is 4.63. The monoisotopic (exact) mass is 189 g/mol. The van der Waals surface area contributed by atoms with Gasteiger partial charge in [0.25, 0.3) is 0 Å². The van der Waals surface area contributed by atoms with E-state index in [-0.39, 0.29) is 0 Å². The van der Waals surface area contributed by atoms with Gasteiger partial charge in [0, 0.05) is 28.6 Å². The fourth-order valence-corrected chi connectivity index (χ4v) is 2.86. The molecule has 0 saturated carbocycles. The maximum atomic E-state index is 3.31. The predicted molar refractivity (Wildman–Crippen MR) is 57.4 cm³/mol. The minimum Gasteiger partial charge on any atom is -0.315 e. The summed E-state index contributed by atoms with van der Waals surface area (Å²) in [6.07, 6.45) is 0. The molecule has 0 atom stereocenters. The molecule has 0 amide bonds. The Morgan fingerprint density at radius 1 is 1.23 bits per heavy atom. The van der Waals surface area contributed by atoms with Crippen LogP contribution >= 0.6 is 11.3 Å². The molecule has 0 bridgehead atoms. The highest BCUT2D eigenvalue weighted by molar-refractivity contribution is 7.19. The van der Waals surface area contributed by atoms with Crippen LogP contribution in [-0.4, -0.2) is 13.1 Å². The summed E-state index contributed by atoms with van der Waals surface area (Å²) in [5.41, 5.74) is 0. The summed E-state index contributed by atoms with van der Waals surface area (Å²) in [7, 11) is 0. The molecular formula is C11H11NS. The van der Waals surface area contributed by atoms with Crippen LogP contribution in [0.4, 0.5) is 0 Å². The van der Waals surface area contributed by atoms with E-state index < -0.39 is 0 Å². The van der Waals surface area contributed by atoms with Gasteiger partial charge >= 0.3 is 0 Å². The van der Waals surface area contributed by atoms with Crippen LogP contribution < -0.4 is 5.32 Å². The number of nitrogens with one attached hydrogen (secondary N) is 1. The quantitative estimate of drug-likeness (QED) is 0.727. The molecule has 0 spiro atoms. The Labute approximate surface area is 81.4 Å². The Morgan fingerprint density at radius 3 is 2.77 bits per heavy atom. The molecule has 1 nitrogen and oxygen atoms in total. The van der Waals surface area contributed by atoms with Crippen molar-refractivity contribution in [1.82, 2.24) is 5.32 Å². The van der Waals surface area contributed by atoms with Crippen molar-refractivity contribution in [3.63, 3.8) is 0 Å². The molecule has 0 unspecified atom stereocenters. The van der Waals surface area contributed by atoms with Gasteiger partial charge < -0.3 is 5.32 Å². The van der Waals surface area contributed by atoms with Crippen molar-refractivity contribution in [2.75, 3.05) is 13.1 Å². The second-order valence-electron chi connectivity index (χ2n) is 3.54. The van der Waals surface area contributed by atoms with E-state index in [1.165, 1.54) is 10.1 Å². The van der Waals surface area contributed by atoms with E-state index in [1.807, 2.05) is 11.3 Å². The fraction of sp³-hybridized carbons (Fsp3) is 0.273. The highest BCUT2D eigenvalue weighted by Crippen LogP contribution is 2.32. The molecule has 66 valence electrons. The number of fused-ring (bicyclic) bond motifs is 1. The first-order valence-corrected chi connectivity index (χ1v) is 5.44. The fourth-order valence-electron chi connectivity index (χ4n) is 1.69. The molecule has 2 aromatic rings. The van der Waals surface area contributed by atoms with Gasteiger partial charge in [-0.25, -0.2) is 0 Å². The summed E-state index contributed by atoms with van der Waals surface area (Å²) < 4.78 is 1.42. The van der Waals surface area contributed by atoms with E-state index in [2.05, 4.69) is 35.6 Å². The van der Waals surface area contributed by atoms with E-state index in [0.717, 1.165) is 19.0 Å². The van der Waals surface area contributed by atoms with Crippen molar-refractivity contribution in [2.24, 2.45) is 0 Å². The van der Waals surface area contributed by atoms with Crippen LogP contribution in [0.15, 0.2) is 30.3 Å². The molecule has 1 saturated heterocycles. The normalized spacial score (nSPS) is 17.5. The summed E-state index contributed by atoms with van der Waals surface area (Å²) in [6, 6.07) is 11.0. The van der Waals surface area contributed by atoms with Crippen molar-refractivity contribution in [1.29, 1.82) is 0 Å². The van der Waals surface area contributed by atoms with Crippen molar-refractivity contribution < 1.29 is 0 Å². The molecular weight excluding hydrogens is 178 g/mol. The molecule has 1 aliphatic rings. The van der Waals surface area contributed by atoms with Crippen molar-refractivity contribution in [3.8, 4) is 0 Å². The second-order valence-corrected chi connectivity index (χ2v) is 4.66. The highest BCUT2D eigenvalue weighted by Gasteiger charge is 2.20. The third-order valence-corrected chi connectivity index (χ3v) is 3.91. The van der Waals surface area contributed by atoms with Gasteiger partial charge in [0.05, 0.1) is 0 Å². The lowest BCUT2D eigenvalue weighted by atomic mass is 10.0. The summed E-state index contributed by atoms with van der Waals surface area (Å²) in [5, 5.41) is 4.71. The topological polar surface area (TPSA) is 12.0 Å². The molecule has 1 aromatic heterocycles. The Hall–Kier alpha value is -0.860. The summed E-state index contributed by atoms with van der Waals surface area (Å²) >= 11 is 1.94. The molecule has 1 aromatic carbocycles. The Morgan fingerprint density at radius 2 is 2.08 bits per heavy atom. The number of benzene rings is 1. The number of hydrogen-bond donors (Lipinski definition) is 1. The standard InChI is InChI=1S/C11H11NS/c1-2-4-10-8(3-1)5-11(13-10)9-6-12-7-9/h1-5,9,12H,6-7H2. The molecule has 1 N–H and O–H groups in total. The lowest BCUT2D eigenvalue weighted by molar-refractivity contribution is 0.454. The van der Waals surface area contributed by atoms with E-state index in [9.17, 15) is 0 Å². The molecule has 1 aliphatic heterocycles. The van der Waals surface area contributed by atoms with Gasteiger partial charge in [0.2, 0.25) is 0 Å². The molecule has 1 fully saturated rings. The smallest absolute Gasteiger partial charge is 0.0345 e. The van der Waals surface area contributed by atoms with E-state index >= 15 is 0 Å². The summed E-state index contributed by atoms with van der Waals surface area (Å²) in [6.45, 7) is 2.32. The van der Waals surface area contributed by atoms with Crippen molar-refractivity contribution in [3.05, 3.63) is 35.2 Å². The largest absolute Gasteiger partial charge is 0.315 e. The lowest BCUT2D eigenvalue weighted by Gasteiger charge is -2.25. The SMILES string of the molecule is c1ccc2sc(C3CNC3)cc2c1. The van der Waals surface area contributed by atoms with Crippen LogP contribution in [0.2, 0.25) is 0 Å². The molecule has 2 heterocycles. The zero-order valence-corrected chi connectivity index (χ0v) is 8.10. The first-order chi connectivity index (χ1) is 6.43. The summed E-state index contributed by atoms with van der Waals surface area (Å²) in [5.74, 6) is 0.775. The third-order valence-electron chi connectivity index (χ3n) is 2.63. The van der Waals surface area contributed by atoms with Crippen LogP contribution in [0.25, 0.3) is 10.1 Å². The average Bonchev–Trinajstić information content (AvgIpc) is 2.43. The molecule has 13 heavy (non-hydrogen) atoms. The highest BCUT2D eigenvalue weighted by atomic mass is 32.1. The first kappa shape index (κ1) is 7.54. The van der Waals surface area contributed by atoms with Crippen LogP contribution in [0.1, 0.15) is 10.8 Å². The second kappa shape index (κ2) is 2.82. The average molecular weight is 189 g/mol. The van der Waals surface area contributed by atoms with Crippen LogP contribution in [0, 0.1) is 0 Å². The van der Waals surface area contributed by atoms with Gasteiger partial charge in [-0.3, -0.25) is 0 Å². The van der Waals surface area contributed by atoms with Crippen LogP contribution in [0.3, 0.4) is 0 Å². The number of hydrogen-bond acceptors (Lipinski definition) is 2. The molecule has 0 radical (unpaired) electrons. The zero-order valence-electron chi connectivity index (χ0n) is 7.29. The Bertz CT molecular complexity index is 395. The summed E-state index contributed by atoms with van der Waals surface area (Å²) in [4.78, 5) is 1.54. The molecule has 0 aliphatic carbocycles. The van der Waals surface area contributed by atoms with Gasteiger partial charge in [-0.1, -0.05) is 18.2 Å². The predicted octanol–water partition coefficient (Wildman–Crippen LogP) is 2.59. The van der Waals surface area contributed by atoms with Crippen LogP contribution in [0.5, 0.6) is 0 Å². The number of thiophene rings is 1. The van der Waals surface area contributed by atoms with Crippen molar-refractivity contribution in [2.45, 2.75) is 5.92 Å². The van der Waals surface area contributed by atoms with E-state index in [1.54, 1.807) is 4.88 Å². The maximum Gasteiger partial charge on any atom is 0.0345 e. The van der Waals surface area contributed by atoms with Gasteiger partial charge in [0.1, 0.15) is 0 Å². The Balaban J connectivity index is 2.10. The van der Waals surface area contributed by atoms with Crippen molar-refractivity contribution >= 4 is 21.4 Å². The minimum atomic E-state index is 0.775. The molecule has 2 heteroatoms. The van der Waals surface area contributed by atoms with E-state index in [4.69, 9.17) is 0 Å². The number of rotatable bonds is 1. The van der Waals surface area contributed by atoms with E-state index in [0.29, 0.717) is 0 Å². The van der Waals surface area contributed by atoms with Gasteiger partial charge in [-0.05, 0) is 17.5 Å².